The van der Waals surface area contributed by atoms with Gasteiger partial charge in [-0.25, -0.2) is 27.8 Å². The largest absolute Gasteiger partial charge is 0.369 e. The molecule has 0 atom stereocenters. The molecule has 0 aliphatic heterocycles. The maximum Gasteiger partial charge on any atom is 0.250 e. The van der Waals surface area contributed by atoms with Gasteiger partial charge in [0.05, 0.1) is 4.34 Å². The lowest BCUT2D eigenvalue weighted by molar-refractivity contribution is 0.585. The van der Waals surface area contributed by atoms with Gasteiger partial charge in [0.25, 0.3) is 0 Å². The van der Waals surface area contributed by atoms with Gasteiger partial charge in [0.15, 0.2) is 5.82 Å². The van der Waals surface area contributed by atoms with Crippen molar-refractivity contribution >= 4 is 38.8 Å². The smallest absolute Gasteiger partial charge is 0.250 e. The Morgan fingerprint density at radius 1 is 1.28 bits per heavy atom. The van der Waals surface area contributed by atoms with Gasteiger partial charge in [-0.05, 0) is 25.1 Å². The van der Waals surface area contributed by atoms with Crippen LogP contribution in [0.25, 0.3) is 5.82 Å². The molecule has 0 aliphatic rings. The van der Waals surface area contributed by atoms with Crippen LogP contribution in [0, 0.1) is 6.92 Å². The lowest BCUT2D eigenvalue weighted by Crippen LogP contribution is -2.28. The minimum absolute atomic E-state index is 0.191. The Morgan fingerprint density at radius 2 is 2.12 bits per heavy atom. The lowest BCUT2D eigenvalue weighted by Gasteiger charge is -2.09. The molecular formula is C14H15ClN6O2S2. The number of rotatable bonds is 7. The summed E-state index contributed by atoms with van der Waals surface area (Å²) in [6.07, 6.45) is 3.45. The topological polar surface area (TPSA) is 102 Å². The second-order valence-corrected chi connectivity index (χ2v) is 8.70. The van der Waals surface area contributed by atoms with Crippen LogP contribution in [0.1, 0.15) is 5.82 Å². The zero-order valence-electron chi connectivity index (χ0n) is 13.2. The number of nitrogens with zero attached hydrogens (tertiary/aromatic N) is 4. The molecule has 25 heavy (non-hydrogen) atoms. The van der Waals surface area contributed by atoms with Crippen molar-refractivity contribution < 1.29 is 8.42 Å². The third-order valence-electron chi connectivity index (χ3n) is 3.10. The van der Waals surface area contributed by atoms with Gasteiger partial charge in [-0.15, -0.1) is 11.3 Å². The predicted octanol–water partition coefficient (Wildman–Crippen LogP) is 2.08. The van der Waals surface area contributed by atoms with E-state index in [4.69, 9.17) is 11.6 Å². The van der Waals surface area contributed by atoms with Crippen LogP contribution in [0.2, 0.25) is 4.34 Å². The first kappa shape index (κ1) is 17.8. The molecule has 0 amide bonds. The number of hydrogen-bond donors (Lipinski definition) is 2. The zero-order chi connectivity index (χ0) is 17.9. The van der Waals surface area contributed by atoms with Crippen molar-refractivity contribution in [3.63, 3.8) is 0 Å². The molecule has 0 radical (unpaired) electrons. The second kappa shape index (κ2) is 7.48. The van der Waals surface area contributed by atoms with Gasteiger partial charge in [-0.3, -0.25) is 0 Å². The third-order valence-corrected chi connectivity index (χ3v) is 6.28. The maximum absolute atomic E-state index is 12.1. The third kappa shape index (κ3) is 4.54. The molecule has 0 saturated heterocycles. The van der Waals surface area contributed by atoms with Crippen LogP contribution in [0.5, 0.6) is 0 Å². The summed E-state index contributed by atoms with van der Waals surface area (Å²) in [5.41, 5.74) is 0. The average Bonchev–Trinajstić information content (AvgIpc) is 3.23. The highest BCUT2D eigenvalue weighted by Gasteiger charge is 2.15. The SMILES string of the molecule is Cc1nc(NCCNS(=O)(=O)c2ccc(Cl)s2)cc(-n2cccn2)n1. The first-order chi connectivity index (χ1) is 11.9. The molecule has 11 heteroatoms. The Morgan fingerprint density at radius 3 is 2.80 bits per heavy atom. The summed E-state index contributed by atoms with van der Waals surface area (Å²) in [4.78, 5) is 8.60. The van der Waals surface area contributed by atoms with Gasteiger partial charge < -0.3 is 5.32 Å². The van der Waals surface area contributed by atoms with Gasteiger partial charge in [0, 0.05) is 31.5 Å². The number of halogens is 1. The zero-order valence-corrected chi connectivity index (χ0v) is 15.6. The Labute approximate surface area is 153 Å². The number of anilines is 1. The molecule has 0 aliphatic carbocycles. The molecule has 0 bridgehead atoms. The molecule has 3 rings (SSSR count). The lowest BCUT2D eigenvalue weighted by atomic mass is 10.4. The molecule has 3 heterocycles. The number of hydrogen-bond acceptors (Lipinski definition) is 7. The molecule has 0 unspecified atom stereocenters. The standard InChI is InChI=1S/C14H15ClN6O2S2/c1-10-19-12(9-13(20-10)21-8-2-5-17-21)16-6-7-18-25(22,23)14-4-3-11(15)24-14/h2-5,8-9,18H,6-7H2,1H3,(H,16,19,20). The highest BCUT2D eigenvalue weighted by Crippen LogP contribution is 2.25. The average molecular weight is 399 g/mol. The molecule has 3 aromatic heterocycles. The molecule has 0 aromatic carbocycles. The fraction of sp³-hybridized carbons (Fsp3) is 0.214. The van der Waals surface area contributed by atoms with Gasteiger partial charge in [0.2, 0.25) is 10.0 Å². The van der Waals surface area contributed by atoms with Crippen molar-refractivity contribution in [3.8, 4) is 5.82 Å². The quantitative estimate of drug-likeness (QED) is 0.591. The summed E-state index contributed by atoms with van der Waals surface area (Å²) in [6, 6.07) is 6.58. The molecule has 0 saturated carbocycles. The molecule has 8 nitrogen and oxygen atoms in total. The summed E-state index contributed by atoms with van der Waals surface area (Å²) in [5.74, 6) is 1.81. The van der Waals surface area contributed by atoms with Crippen molar-refractivity contribution in [2.45, 2.75) is 11.1 Å². The van der Waals surface area contributed by atoms with Crippen LogP contribution in [-0.2, 0) is 10.0 Å². The normalized spacial score (nSPS) is 11.6. The number of aromatic nitrogens is 4. The van der Waals surface area contributed by atoms with E-state index in [0.29, 0.717) is 28.3 Å². The van der Waals surface area contributed by atoms with Crippen molar-refractivity contribution in [3.05, 3.63) is 46.8 Å². The Bertz CT molecular complexity index is 956. The van der Waals surface area contributed by atoms with Gasteiger partial charge >= 0.3 is 0 Å². The van der Waals surface area contributed by atoms with Crippen LogP contribution >= 0.6 is 22.9 Å². The van der Waals surface area contributed by atoms with E-state index in [0.717, 1.165) is 11.3 Å². The number of aryl methyl sites for hydroxylation is 1. The number of thiophene rings is 1. The van der Waals surface area contributed by atoms with Gasteiger partial charge in [-0.1, -0.05) is 11.6 Å². The molecule has 0 fully saturated rings. The van der Waals surface area contributed by atoms with Crippen molar-refractivity contribution in [1.29, 1.82) is 0 Å². The first-order valence-electron chi connectivity index (χ1n) is 7.29. The van der Waals surface area contributed by atoms with Crippen LogP contribution in [0.3, 0.4) is 0 Å². The van der Waals surface area contributed by atoms with Crippen molar-refractivity contribution in [2.75, 3.05) is 18.4 Å². The number of nitrogens with one attached hydrogen (secondary N) is 2. The monoisotopic (exact) mass is 398 g/mol. The van der Waals surface area contributed by atoms with Crippen LogP contribution in [-0.4, -0.2) is 41.3 Å². The van der Waals surface area contributed by atoms with Gasteiger partial charge in [0.1, 0.15) is 15.9 Å². The van der Waals surface area contributed by atoms with Crippen molar-refractivity contribution in [2.24, 2.45) is 0 Å². The maximum atomic E-state index is 12.1. The van der Waals surface area contributed by atoms with Crippen LogP contribution in [0.4, 0.5) is 5.82 Å². The second-order valence-electron chi connectivity index (χ2n) is 4.99. The van der Waals surface area contributed by atoms with E-state index in [9.17, 15) is 8.42 Å². The van der Waals surface area contributed by atoms with E-state index in [1.54, 1.807) is 42.2 Å². The Hall–Kier alpha value is -2.01. The minimum atomic E-state index is -3.55. The van der Waals surface area contributed by atoms with E-state index in [2.05, 4.69) is 25.1 Å². The Balaban J connectivity index is 1.59. The minimum Gasteiger partial charge on any atom is -0.369 e. The van der Waals surface area contributed by atoms with E-state index >= 15 is 0 Å². The van der Waals surface area contributed by atoms with E-state index in [1.165, 1.54) is 6.07 Å². The fourth-order valence-corrected chi connectivity index (χ4v) is 4.61. The molecular weight excluding hydrogens is 384 g/mol. The fourth-order valence-electron chi connectivity index (χ4n) is 2.05. The van der Waals surface area contributed by atoms with E-state index < -0.39 is 10.0 Å². The molecule has 132 valence electrons. The summed E-state index contributed by atoms with van der Waals surface area (Å²) in [5, 5.41) is 7.21. The molecule has 3 aromatic rings. The summed E-state index contributed by atoms with van der Waals surface area (Å²) >= 11 is 6.79. The van der Waals surface area contributed by atoms with Gasteiger partial charge in [-0.2, -0.15) is 5.10 Å². The Kier molecular flexibility index (Phi) is 5.33. The summed E-state index contributed by atoms with van der Waals surface area (Å²) in [7, 11) is -3.55. The summed E-state index contributed by atoms with van der Waals surface area (Å²) < 4.78 is 29.0. The highest BCUT2D eigenvalue weighted by molar-refractivity contribution is 7.91. The predicted molar refractivity (Wildman–Crippen MR) is 96.9 cm³/mol. The van der Waals surface area contributed by atoms with E-state index in [1.807, 2.05) is 0 Å². The van der Waals surface area contributed by atoms with Crippen LogP contribution in [0.15, 0.2) is 40.9 Å². The molecule has 0 spiro atoms. The molecule has 2 N–H and O–H groups in total. The van der Waals surface area contributed by atoms with E-state index in [-0.39, 0.29) is 10.8 Å². The first-order valence-corrected chi connectivity index (χ1v) is 9.96. The number of sulfonamides is 1. The summed E-state index contributed by atoms with van der Waals surface area (Å²) in [6.45, 7) is 2.35. The highest BCUT2D eigenvalue weighted by atomic mass is 35.5. The van der Waals surface area contributed by atoms with Crippen LogP contribution < -0.4 is 10.0 Å². The van der Waals surface area contributed by atoms with Crippen molar-refractivity contribution in [1.82, 2.24) is 24.5 Å².